The van der Waals surface area contributed by atoms with Gasteiger partial charge in [-0.25, -0.2) is 9.18 Å². The summed E-state index contributed by atoms with van der Waals surface area (Å²) in [4.78, 5) is 11.6. The molecule has 1 fully saturated rings. The Hall–Kier alpha value is -1.55. The molecule has 0 bridgehead atoms. The highest BCUT2D eigenvalue weighted by molar-refractivity contribution is 6.31. The van der Waals surface area contributed by atoms with Crippen LogP contribution in [0.1, 0.15) is 32.1 Å². The Morgan fingerprint density at radius 2 is 2.00 bits per heavy atom. The molecule has 0 radical (unpaired) electrons. The number of halogens is 2. The van der Waals surface area contributed by atoms with Gasteiger partial charge in [-0.2, -0.15) is 0 Å². The first-order chi connectivity index (χ1) is 9.15. The quantitative estimate of drug-likeness (QED) is 0.827. The second-order valence-corrected chi connectivity index (χ2v) is 5.00. The van der Waals surface area contributed by atoms with E-state index < -0.39 is 5.82 Å². The number of carbonyl (C=O) groups is 1. The molecule has 0 aromatic heterocycles. The highest BCUT2D eigenvalue weighted by Crippen LogP contribution is 2.22. The number of urea groups is 1. The largest absolute Gasteiger partial charge is 0.323 e. The number of allylic oxidation sites excluding steroid dienone is 1. The molecule has 1 aliphatic carbocycles. The predicted octanol–water partition coefficient (Wildman–Crippen LogP) is 4.45. The Bertz CT molecular complexity index is 494. The van der Waals surface area contributed by atoms with Gasteiger partial charge in [-0.15, -0.1) is 0 Å². The van der Waals surface area contributed by atoms with Crippen LogP contribution in [0, 0.1) is 5.82 Å². The van der Waals surface area contributed by atoms with E-state index in [4.69, 9.17) is 11.6 Å². The maximum Gasteiger partial charge on any atom is 0.323 e. The lowest BCUT2D eigenvalue weighted by Crippen LogP contribution is -2.24. The fraction of sp³-hybridized carbons (Fsp3) is 0.357. The molecule has 1 aromatic carbocycles. The van der Waals surface area contributed by atoms with Gasteiger partial charge in [0.05, 0.1) is 5.02 Å². The first-order valence-electron chi connectivity index (χ1n) is 6.35. The summed E-state index contributed by atoms with van der Waals surface area (Å²) >= 11 is 5.64. The predicted molar refractivity (Wildman–Crippen MR) is 74.7 cm³/mol. The Kier molecular flexibility index (Phi) is 4.80. The zero-order chi connectivity index (χ0) is 13.7. The van der Waals surface area contributed by atoms with Gasteiger partial charge in [0.15, 0.2) is 0 Å². The van der Waals surface area contributed by atoms with E-state index in [0.29, 0.717) is 5.69 Å². The van der Waals surface area contributed by atoms with Crippen LogP contribution in [-0.2, 0) is 0 Å². The van der Waals surface area contributed by atoms with Crippen LogP contribution in [0.3, 0.4) is 0 Å². The minimum Gasteiger partial charge on any atom is -0.314 e. The van der Waals surface area contributed by atoms with Gasteiger partial charge in [-0.3, -0.25) is 0 Å². The zero-order valence-corrected chi connectivity index (χ0v) is 11.3. The van der Waals surface area contributed by atoms with Crippen LogP contribution < -0.4 is 10.6 Å². The summed E-state index contributed by atoms with van der Waals surface area (Å²) < 4.78 is 13.0. The fourth-order valence-electron chi connectivity index (χ4n) is 2.06. The van der Waals surface area contributed by atoms with E-state index in [2.05, 4.69) is 10.6 Å². The Morgan fingerprint density at radius 3 is 2.68 bits per heavy atom. The molecular weight excluding hydrogens is 267 g/mol. The van der Waals surface area contributed by atoms with Crippen LogP contribution >= 0.6 is 11.6 Å². The van der Waals surface area contributed by atoms with E-state index in [1.165, 1.54) is 43.0 Å². The van der Waals surface area contributed by atoms with Crippen molar-refractivity contribution in [3.05, 3.63) is 40.8 Å². The van der Waals surface area contributed by atoms with Crippen LogP contribution in [0.25, 0.3) is 0 Å². The molecule has 5 heteroatoms. The third-order valence-electron chi connectivity index (χ3n) is 3.08. The normalized spacial score (nSPS) is 14.9. The summed E-state index contributed by atoms with van der Waals surface area (Å²) in [7, 11) is 0. The standard InChI is InChI=1S/C14H16ClFN2O/c15-12-8-11(6-7-13(12)16)18-14(19)17-9-10-4-2-1-3-5-10/h6-9H,1-5H2,(H2,17,18,19). The number of benzene rings is 1. The van der Waals surface area contributed by atoms with Crippen molar-refractivity contribution in [1.82, 2.24) is 5.32 Å². The van der Waals surface area contributed by atoms with Gasteiger partial charge in [0.25, 0.3) is 0 Å². The van der Waals surface area contributed by atoms with Gasteiger partial charge in [0, 0.05) is 11.9 Å². The highest BCUT2D eigenvalue weighted by atomic mass is 35.5. The lowest BCUT2D eigenvalue weighted by molar-refractivity contribution is 0.255. The maximum atomic E-state index is 13.0. The lowest BCUT2D eigenvalue weighted by Gasteiger charge is -2.13. The molecule has 0 heterocycles. The molecule has 1 aromatic rings. The van der Waals surface area contributed by atoms with E-state index in [-0.39, 0.29) is 11.1 Å². The molecule has 0 spiro atoms. The third-order valence-corrected chi connectivity index (χ3v) is 3.37. The van der Waals surface area contributed by atoms with Gasteiger partial charge in [0.1, 0.15) is 5.82 Å². The van der Waals surface area contributed by atoms with E-state index >= 15 is 0 Å². The van der Waals surface area contributed by atoms with Crippen molar-refractivity contribution in [2.45, 2.75) is 32.1 Å². The molecule has 0 atom stereocenters. The number of amides is 2. The number of hydrogen-bond acceptors (Lipinski definition) is 1. The first kappa shape index (κ1) is 13.9. The smallest absolute Gasteiger partial charge is 0.314 e. The molecule has 3 nitrogen and oxygen atoms in total. The van der Waals surface area contributed by atoms with Crippen LogP contribution in [-0.4, -0.2) is 6.03 Å². The van der Waals surface area contributed by atoms with Crippen molar-refractivity contribution in [2.24, 2.45) is 0 Å². The van der Waals surface area contributed by atoms with E-state index in [0.717, 1.165) is 12.8 Å². The summed E-state index contributed by atoms with van der Waals surface area (Å²) in [6, 6.07) is 3.72. The van der Waals surface area contributed by atoms with Crippen LogP contribution in [0.4, 0.5) is 14.9 Å². The Labute approximate surface area is 116 Å². The van der Waals surface area contributed by atoms with Crippen LogP contribution in [0.2, 0.25) is 5.02 Å². The SMILES string of the molecule is O=C(NC=C1CCCCC1)Nc1ccc(F)c(Cl)c1. The van der Waals surface area contributed by atoms with E-state index in [1.807, 2.05) is 0 Å². The molecule has 2 rings (SSSR count). The van der Waals surface area contributed by atoms with Gasteiger partial charge >= 0.3 is 6.03 Å². The summed E-state index contributed by atoms with van der Waals surface area (Å²) in [5.41, 5.74) is 1.73. The fourth-order valence-corrected chi connectivity index (χ4v) is 2.24. The second kappa shape index (κ2) is 6.57. The van der Waals surface area contributed by atoms with Gasteiger partial charge in [-0.05, 0) is 43.9 Å². The van der Waals surface area contributed by atoms with Crippen molar-refractivity contribution in [1.29, 1.82) is 0 Å². The van der Waals surface area contributed by atoms with Gasteiger partial charge in [-0.1, -0.05) is 23.6 Å². The zero-order valence-electron chi connectivity index (χ0n) is 10.5. The van der Waals surface area contributed by atoms with Crippen molar-refractivity contribution >= 4 is 23.3 Å². The van der Waals surface area contributed by atoms with Crippen molar-refractivity contribution in [3.8, 4) is 0 Å². The summed E-state index contributed by atoms with van der Waals surface area (Å²) in [6.07, 6.45) is 7.48. The Morgan fingerprint density at radius 1 is 1.26 bits per heavy atom. The first-order valence-corrected chi connectivity index (χ1v) is 6.73. The maximum absolute atomic E-state index is 13.0. The minimum absolute atomic E-state index is 0.0107. The molecule has 2 N–H and O–H groups in total. The molecule has 2 amide bonds. The molecule has 1 aliphatic rings. The molecular formula is C14H16ClFN2O. The third kappa shape index (κ3) is 4.24. The van der Waals surface area contributed by atoms with Crippen LogP contribution in [0.5, 0.6) is 0 Å². The lowest BCUT2D eigenvalue weighted by atomic mass is 9.96. The van der Waals surface area contributed by atoms with Crippen LogP contribution in [0.15, 0.2) is 30.0 Å². The summed E-state index contributed by atoms with van der Waals surface area (Å²) in [5, 5.41) is 5.28. The molecule has 102 valence electrons. The molecule has 19 heavy (non-hydrogen) atoms. The van der Waals surface area contributed by atoms with Gasteiger partial charge < -0.3 is 10.6 Å². The molecule has 0 aliphatic heterocycles. The van der Waals surface area contributed by atoms with Crippen molar-refractivity contribution in [2.75, 3.05) is 5.32 Å². The molecule has 0 unspecified atom stereocenters. The van der Waals surface area contributed by atoms with Crippen molar-refractivity contribution < 1.29 is 9.18 Å². The molecule has 0 saturated heterocycles. The average molecular weight is 283 g/mol. The topological polar surface area (TPSA) is 41.1 Å². The number of hydrogen-bond donors (Lipinski definition) is 2. The summed E-state index contributed by atoms with van der Waals surface area (Å²) in [6.45, 7) is 0. The van der Waals surface area contributed by atoms with E-state index in [9.17, 15) is 9.18 Å². The number of anilines is 1. The monoisotopic (exact) mass is 282 g/mol. The average Bonchev–Trinajstić information content (AvgIpc) is 2.42. The Balaban J connectivity index is 1.88. The molecule has 1 saturated carbocycles. The van der Waals surface area contributed by atoms with Crippen molar-refractivity contribution in [3.63, 3.8) is 0 Å². The summed E-state index contributed by atoms with van der Waals surface area (Å²) in [5.74, 6) is -0.503. The van der Waals surface area contributed by atoms with Gasteiger partial charge in [0.2, 0.25) is 0 Å². The number of carbonyl (C=O) groups excluding carboxylic acids is 1. The number of nitrogens with one attached hydrogen (secondary N) is 2. The second-order valence-electron chi connectivity index (χ2n) is 4.59. The highest BCUT2D eigenvalue weighted by Gasteiger charge is 2.07. The van der Waals surface area contributed by atoms with E-state index in [1.54, 1.807) is 6.20 Å². The number of rotatable bonds is 2. The minimum atomic E-state index is -0.503.